The number of nitro groups is 1. The molecule has 0 unspecified atom stereocenters. The van der Waals surface area contributed by atoms with Crippen LogP contribution in [0.2, 0.25) is 0 Å². The molecule has 0 saturated heterocycles. The van der Waals surface area contributed by atoms with Gasteiger partial charge in [0.2, 0.25) is 5.88 Å². The van der Waals surface area contributed by atoms with Gasteiger partial charge in [-0.15, -0.1) is 0 Å². The number of aromatic nitrogens is 1. The van der Waals surface area contributed by atoms with E-state index in [1.165, 1.54) is 12.3 Å². The van der Waals surface area contributed by atoms with Crippen molar-refractivity contribution in [3.8, 4) is 5.88 Å². The van der Waals surface area contributed by atoms with Crippen LogP contribution in [0, 0.1) is 10.1 Å². The Morgan fingerprint density at radius 3 is 2.82 bits per heavy atom. The van der Waals surface area contributed by atoms with E-state index in [-0.39, 0.29) is 18.1 Å². The fourth-order valence-corrected chi connectivity index (χ4v) is 1.92. The van der Waals surface area contributed by atoms with Crippen molar-refractivity contribution in [2.45, 2.75) is 13.5 Å². The lowest BCUT2D eigenvalue weighted by atomic mass is 10.1. The number of carbonyl (C=O) groups excluding carboxylic acids is 1. The number of amides is 1. The minimum atomic E-state index is -0.475. The number of pyridine rings is 1. The lowest BCUT2D eigenvalue weighted by Crippen LogP contribution is -2.24. The number of nitro benzene ring substituents is 1. The van der Waals surface area contributed by atoms with Gasteiger partial charge < -0.3 is 10.1 Å². The first-order valence-electron chi connectivity index (χ1n) is 6.71. The van der Waals surface area contributed by atoms with Gasteiger partial charge in [-0.2, -0.15) is 0 Å². The predicted octanol–water partition coefficient (Wildman–Crippen LogP) is 2.32. The van der Waals surface area contributed by atoms with E-state index in [9.17, 15) is 14.9 Å². The predicted molar refractivity (Wildman–Crippen MR) is 79.7 cm³/mol. The summed E-state index contributed by atoms with van der Waals surface area (Å²) in [5, 5.41) is 13.6. The molecule has 0 aliphatic rings. The fraction of sp³-hybridized carbons (Fsp3) is 0.200. The van der Waals surface area contributed by atoms with Gasteiger partial charge in [0, 0.05) is 24.4 Å². The van der Waals surface area contributed by atoms with Crippen LogP contribution in [0.1, 0.15) is 22.8 Å². The van der Waals surface area contributed by atoms with Crippen LogP contribution in [0.25, 0.3) is 0 Å². The van der Waals surface area contributed by atoms with Crippen LogP contribution in [0.15, 0.2) is 42.6 Å². The van der Waals surface area contributed by atoms with E-state index < -0.39 is 10.8 Å². The molecule has 0 spiro atoms. The van der Waals surface area contributed by atoms with Crippen LogP contribution >= 0.6 is 0 Å². The van der Waals surface area contributed by atoms with Crippen LogP contribution in [0.3, 0.4) is 0 Å². The van der Waals surface area contributed by atoms with E-state index in [4.69, 9.17) is 4.74 Å². The van der Waals surface area contributed by atoms with Crippen molar-refractivity contribution in [2.75, 3.05) is 6.61 Å². The quantitative estimate of drug-likeness (QED) is 0.652. The zero-order valence-electron chi connectivity index (χ0n) is 12.0. The number of nitrogens with zero attached hydrogens (tertiary/aromatic N) is 2. The topological polar surface area (TPSA) is 94.4 Å². The Labute approximate surface area is 127 Å². The Balaban J connectivity index is 2.13. The summed E-state index contributed by atoms with van der Waals surface area (Å²) in [7, 11) is 0. The highest BCUT2D eigenvalue weighted by atomic mass is 16.6. The number of ether oxygens (including phenoxy) is 1. The fourth-order valence-electron chi connectivity index (χ4n) is 1.92. The number of hydrogen-bond acceptors (Lipinski definition) is 5. The van der Waals surface area contributed by atoms with Crippen LogP contribution in [-0.4, -0.2) is 22.4 Å². The molecule has 22 heavy (non-hydrogen) atoms. The van der Waals surface area contributed by atoms with Crippen molar-refractivity contribution in [1.29, 1.82) is 0 Å². The van der Waals surface area contributed by atoms with Crippen molar-refractivity contribution in [3.05, 3.63) is 63.8 Å². The molecule has 1 aromatic heterocycles. The highest BCUT2D eigenvalue weighted by Gasteiger charge is 2.16. The standard InChI is InChI=1S/C15H15N3O4/c1-2-22-15-12(7-5-9-16-15)14(19)17-10-11-6-3-4-8-13(11)18(20)21/h3-9H,2,10H2,1H3,(H,17,19). The largest absolute Gasteiger partial charge is 0.477 e. The van der Waals surface area contributed by atoms with Gasteiger partial charge in [0.15, 0.2) is 0 Å². The molecule has 1 amide bonds. The molecular formula is C15H15N3O4. The molecule has 0 aliphatic carbocycles. The molecule has 1 aromatic carbocycles. The third kappa shape index (κ3) is 3.57. The van der Waals surface area contributed by atoms with Crippen LogP contribution in [0.5, 0.6) is 5.88 Å². The summed E-state index contributed by atoms with van der Waals surface area (Å²) in [6.45, 7) is 2.24. The second-order valence-electron chi connectivity index (χ2n) is 4.36. The van der Waals surface area contributed by atoms with E-state index in [1.807, 2.05) is 0 Å². The van der Waals surface area contributed by atoms with Crippen molar-refractivity contribution in [3.63, 3.8) is 0 Å². The third-order valence-corrected chi connectivity index (χ3v) is 2.92. The van der Waals surface area contributed by atoms with Crippen LogP contribution in [0.4, 0.5) is 5.69 Å². The van der Waals surface area contributed by atoms with Gasteiger partial charge in [-0.25, -0.2) is 4.98 Å². The van der Waals surface area contributed by atoms with Crippen molar-refractivity contribution in [1.82, 2.24) is 10.3 Å². The number of nitrogens with one attached hydrogen (secondary N) is 1. The molecule has 0 atom stereocenters. The van der Waals surface area contributed by atoms with Crippen molar-refractivity contribution < 1.29 is 14.5 Å². The molecule has 0 radical (unpaired) electrons. The number of benzene rings is 1. The van der Waals surface area contributed by atoms with Crippen LogP contribution in [-0.2, 0) is 6.54 Å². The molecule has 114 valence electrons. The first-order chi connectivity index (χ1) is 10.6. The van der Waals surface area contributed by atoms with E-state index in [1.54, 1.807) is 37.3 Å². The van der Waals surface area contributed by atoms with E-state index in [0.29, 0.717) is 17.7 Å². The summed E-state index contributed by atoms with van der Waals surface area (Å²) >= 11 is 0. The van der Waals surface area contributed by atoms with Gasteiger partial charge in [-0.1, -0.05) is 18.2 Å². The summed E-state index contributed by atoms with van der Waals surface area (Å²) in [6.07, 6.45) is 1.53. The molecule has 2 aromatic rings. The zero-order valence-corrected chi connectivity index (χ0v) is 12.0. The zero-order chi connectivity index (χ0) is 15.9. The van der Waals surface area contributed by atoms with Gasteiger partial charge in [0.1, 0.15) is 5.56 Å². The minimum Gasteiger partial charge on any atom is -0.477 e. The molecule has 1 heterocycles. The molecule has 0 saturated carbocycles. The molecule has 7 heteroatoms. The maximum atomic E-state index is 12.2. The molecule has 1 N–H and O–H groups in total. The minimum absolute atomic E-state index is 0.0287. The van der Waals surface area contributed by atoms with Gasteiger partial charge >= 0.3 is 0 Å². The summed E-state index contributed by atoms with van der Waals surface area (Å²) < 4.78 is 5.29. The Morgan fingerprint density at radius 2 is 2.09 bits per heavy atom. The second-order valence-corrected chi connectivity index (χ2v) is 4.36. The van der Waals surface area contributed by atoms with Crippen molar-refractivity contribution in [2.24, 2.45) is 0 Å². The number of carbonyl (C=O) groups is 1. The maximum absolute atomic E-state index is 12.2. The smallest absolute Gasteiger partial charge is 0.274 e. The van der Waals surface area contributed by atoms with Crippen molar-refractivity contribution >= 4 is 11.6 Å². The average Bonchev–Trinajstić information content (AvgIpc) is 2.53. The Morgan fingerprint density at radius 1 is 1.32 bits per heavy atom. The van der Waals surface area contributed by atoms with E-state index in [2.05, 4.69) is 10.3 Å². The van der Waals surface area contributed by atoms with Gasteiger partial charge in [0.25, 0.3) is 11.6 Å². The van der Waals surface area contributed by atoms with E-state index >= 15 is 0 Å². The van der Waals surface area contributed by atoms with Gasteiger partial charge in [-0.3, -0.25) is 14.9 Å². The Bertz CT molecular complexity index is 688. The molecule has 0 fully saturated rings. The maximum Gasteiger partial charge on any atom is 0.274 e. The first-order valence-corrected chi connectivity index (χ1v) is 6.71. The first kappa shape index (κ1) is 15.4. The normalized spacial score (nSPS) is 10.0. The highest BCUT2D eigenvalue weighted by molar-refractivity contribution is 5.96. The lowest BCUT2D eigenvalue weighted by molar-refractivity contribution is -0.385. The number of rotatable bonds is 6. The Kier molecular flexibility index (Phi) is 5.02. The lowest BCUT2D eigenvalue weighted by Gasteiger charge is -2.09. The van der Waals surface area contributed by atoms with Gasteiger partial charge in [-0.05, 0) is 19.1 Å². The summed E-state index contributed by atoms with van der Waals surface area (Å²) in [6, 6.07) is 9.49. The van der Waals surface area contributed by atoms with Crippen LogP contribution < -0.4 is 10.1 Å². The highest BCUT2D eigenvalue weighted by Crippen LogP contribution is 2.18. The molecule has 0 aliphatic heterocycles. The number of hydrogen-bond donors (Lipinski definition) is 1. The summed E-state index contributed by atoms with van der Waals surface area (Å²) in [4.78, 5) is 26.7. The second kappa shape index (κ2) is 7.16. The van der Waals surface area contributed by atoms with E-state index in [0.717, 1.165) is 0 Å². The summed E-state index contributed by atoms with van der Waals surface area (Å²) in [5.41, 5.74) is 0.699. The Hall–Kier alpha value is -2.96. The SMILES string of the molecule is CCOc1ncccc1C(=O)NCc1ccccc1[N+](=O)[O-]. The average molecular weight is 301 g/mol. The number of para-hydroxylation sites is 1. The monoisotopic (exact) mass is 301 g/mol. The molecule has 0 bridgehead atoms. The molecule has 7 nitrogen and oxygen atoms in total. The molecule has 2 rings (SSSR count). The van der Waals surface area contributed by atoms with Gasteiger partial charge in [0.05, 0.1) is 11.5 Å². The third-order valence-electron chi connectivity index (χ3n) is 2.92. The molecular weight excluding hydrogens is 286 g/mol. The summed E-state index contributed by atoms with van der Waals surface area (Å²) in [5.74, 6) is -0.153.